The van der Waals surface area contributed by atoms with Crippen molar-refractivity contribution in [3.63, 3.8) is 0 Å². The molecule has 0 saturated heterocycles. The lowest BCUT2D eigenvalue weighted by atomic mass is 10.1. The van der Waals surface area contributed by atoms with Crippen molar-refractivity contribution >= 4 is 28.6 Å². The average Bonchev–Trinajstić information content (AvgIpc) is 2.72. The number of nitrogens with one attached hydrogen (secondary N) is 1. The molecule has 0 aromatic carbocycles. The molecule has 84 valence electrons. The first kappa shape index (κ1) is 10.8. The van der Waals surface area contributed by atoms with E-state index in [2.05, 4.69) is 19.7 Å². The molecule has 7 heteroatoms. The van der Waals surface area contributed by atoms with E-state index < -0.39 is 12.0 Å². The number of H-pyrrole nitrogens is 1. The predicted octanol–water partition coefficient (Wildman–Crippen LogP) is 0.784. The number of halogens is 1. The van der Waals surface area contributed by atoms with Gasteiger partial charge in [-0.05, 0) is 0 Å². The fraction of sp³-hybridized carbons (Fsp3) is 0.222. The highest BCUT2D eigenvalue weighted by atomic mass is 35.5. The number of methoxy groups -OCH3 is 1. The predicted molar refractivity (Wildman–Crippen MR) is 57.8 cm³/mol. The number of nitrogens with two attached hydrogens (primary N) is 1. The molecular formula is C9H9ClN4O2. The van der Waals surface area contributed by atoms with Crippen LogP contribution in [-0.4, -0.2) is 28.0 Å². The van der Waals surface area contributed by atoms with E-state index in [0.29, 0.717) is 16.6 Å². The second-order valence-corrected chi connectivity index (χ2v) is 3.49. The molecule has 2 aromatic heterocycles. The van der Waals surface area contributed by atoms with Gasteiger partial charge < -0.3 is 15.5 Å². The van der Waals surface area contributed by atoms with Gasteiger partial charge in [0, 0.05) is 11.8 Å². The van der Waals surface area contributed by atoms with Crippen LogP contribution in [0.3, 0.4) is 0 Å². The van der Waals surface area contributed by atoms with Gasteiger partial charge in [-0.25, -0.2) is 9.97 Å². The van der Waals surface area contributed by atoms with E-state index in [1.165, 1.54) is 13.4 Å². The molecule has 2 heterocycles. The van der Waals surface area contributed by atoms with E-state index in [9.17, 15) is 4.79 Å². The minimum atomic E-state index is -0.901. The Kier molecular flexibility index (Phi) is 2.76. The van der Waals surface area contributed by atoms with Crippen LogP contribution in [0.5, 0.6) is 0 Å². The number of fused-ring (bicyclic) bond motifs is 1. The molecule has 2 aromatic rings. The number of carbonyl (C=O) groups is 1. The standard InChI is InChI=1S/C9H9ClN4O2/c1-16-9(15)6(11)4-2-12-8-5(4)7(10)13-3-14-8/h2-3,6H,11H2,1H3,(H,12,13,14). The van der Waals surface area contributed by atoms with Crippen molar-refractivity contribution in [1.82, 2.24) is 15.0 Å². The molecule has 0 saturated carbocycles. The number of hydrogen-bond donors (Lipinski definition) is 2. The number of hydrogen-bond acceptors (Lipinski definition) is 5. The van der Waals surface area contributed by atoms with Gasteiger partial charge in [0.2, 0.25) is 0 Å². The van der Waals surface area contributed by atoms with Crippen LogP contribution in [0.25, 0.3) is 11.0 Å². The maximum Gasteiger partial charge on any atom is 0.327 e. The topological polar surface area (TPSA) is 93.9 Å². The largest absolute Gasteiger partial charge is 0.468 e. The fourth-order valence-electron chi connectivity index (χ4n) is 1.45. The summed E-state index contributed by atoms with van der Waals surface area (Å²) in [6.07, 6.45) is 2.90. The van der Waals surface area contributed by atoms with Gasteiger partial charge >= 0.3 is 5.97 Å². The Labute approximate surface area is 95.8 Å². The Morgan fingerprint density at radius 1 is 1.62 bits per heavy atom. The third kappa shape index (κ3) is 1.62. The van der Waals surface area contributed by atoms with Crippen LogP contribution in [0.15, 0.2) is 12.5 Å². The second kappa shape index (κ2) is 4.07. The van der Waals surface area contributed by atoms with Crippen molar-refractivity contribution in [2.45, 2.75) is 6.04 Å². The molecule has 0 bridgehead atoms. The maximum absolute atomic E-state index is 11.3. The summed E-state index contributed by atoms with van der Waals surface area (Å²) in [5.41, 5.74) is 6.78. The molecular weight excluding hydrogens is 232 g/mol. The number of esters is 1. The summed E-state index contributed by atoms with van der Waals surface area (Å²) in [6, 6.07) is -0.901. The molecule has 0 fully saturated rings. The zero-order chi connectivity index (χ0) is 11.7. The smallest absolute Gasteiger partial charge is 0.327 e. The highest BCUT2D eigenvalue weighted by molar-refractivity contribution is 6.34. The summed E-state index contributed by atoms with van der Waals surface area (Å²) in [4.78, 5) is 22.0. The first-order chi connectivity index (χ1) is 7.65. The molecule has 6 nitrogen and oxygen atoms in total. The fourth-order valence-corrected chi connectivity index (χ4v) is 1.69. The molecule has 0 aliphatic carbocycles. The van der Waals surface area contributed by atoms with E-state index in [0.717, 1.165) is 0 Å². The molecule has 2 rings (SSSR count). The lowest BCUT2D eigenvalue weighted by Crippen LogP contribution is -2.22. The van der Waals surface area contributed by atoms with Gasteiger partial charge in [0.05, 0.1) is 12.5 Å². The molecule has 0 amide bonds. The SMILES string of the molecule is COC(=O)C(N)c1c[nH]c2ncnc(Cl)c12. The van der Waals surface area contributed by atoms with Crippen molar-refractivity contribution in [2.24, 2.45) is 5.73 Å². The van der Waals surface area contributed by atoms with Crippen molar-refractivity contribution in [3.8, 4) is 0 Å². The monoisotopic (exact) mass is 240 g/mol. The van der Waals surface area contributed by atoms with Crippen molar-refractivity contribution in [1.29, 1.82) is 0 Å². The molecule has 0 aliphatic rings. The Morgan fingerprint density at radius 3 is 3.06 bits per heavy atom. The Balaban J connectivity index is 2.57. The van der Waals surface area contributed by atoms with Gasteiger partial charge in [-0.3, -0.25) is 4.79 Å². The van der Waals surface area contributed by atoms with Gasteiger partial charge in [0.15, 0.2) is 0 Å². The lowest BCUT2D eigenvalue weighted by Gasteiger charge is -2.07. The van der Waals surface area contributed by atoms with Crippen LogP contribution in [0.4, 0.5) is 0 Å². The van der Waals surface area contributed by atoms with Crippen molar-refractivity contribution in [2.75, 3.05) is 7.11 Å². The highest BCUT2D eigenvalue weighted by Gasteiger charge is 2.22. The highest BCUT2D eigenvalue weighted by Crippen LogP contribution is 2.27. The first-order valence-corrected chi connectivity index (χ1v) is 4.84. The van der Waals surface area contributed by atoms with E-state index in [4.69, 9.17) is 17.3 Å². The minimum Gasteiger partial charge on any atom is -0.468 e. The van der Waals surface area contributed by atoms with E-state index in [-0.39, 0.29) is 5.15 Å². The van der Waals surface area contributed by atoms with Crippen molar-refractivity contribution < 1.29 is 9.53 Å². The second-order valence-electron chi connectivity index (χ2n) is 3.13. The summed E-state index contributed by atoms with van der Waals surface area (Å²) in [6.45, 7) is 0. The van der Waals surface area contributed by atoms with Crippen LogP contribution in [0.2, 0.25) is 5.15 Å². The Bertz CT molecular complexity index is 539. The number of nitrogens with zero attached hydrogens (tertiary/aromatic N) is 2. The number of carbonyl (C=O) groups excluding carboxylic acids is 1. The van der Waals surface area contributed by atoms with Gasteiger partial charge in [-0.2, -0.15) is 0 Å². The van der Waals surface area contributed by atoms with E-state index in [1.807, 2.05) is 0 Å². The summed E-state index contributed by atoms with van der Waals surface area (Å²) < 4.78 is 4.56. The quantitative estimate of drug-likeness (QED) is 0.598. The summed E-state index contributed by atoms with van der Waals surface area (Å²) in [7, 11) is 1.27. The molecule has 0 aliphatic heterocycles. The minimum absolute atomic E-state index is 0.251. The maximum atomic E-state index is 11.3. The van der Waals surface area contributed by atoms with Crippen LogP contribution < -0.4 is 5.73 Å². The number of rotatable bonds is 2. The third-order valence-electron chi connectivity index (χ3n) is 2.24. The molecule has 3 N–H and O–H groups in total. The Hall–Kier alpha value is -1.66. The van der Waals surface area contributed by atoms with Crippen LogP contribution in [-0.2, 0) is 9.53 Å². The first-order valence-electron chi connectivity index (χ1n) is 4.46. The number of aromatic amines is 1. The van der Waals surface area contributed by atoms with Gasteiger partial charge in [-0.1, -0.05) is 11.6 Å². The zero-order valence-electron chi connectivity index (χ0n) is 8.40. The normalized spacial score (nSPS) is 12.7. The summed E-state index contributed by atoms with van der Waals surface area (Å²) >= 11 is 5.92. The van der Waals surface area contributed by atoms with E-state index in [1.54, 1.807) is 6.20 Å². The summed E-state index contributed by atoms with van der Waals surface area (Å²) in [5, 5.41) is 0.794. The molecule has 0 spiro atoms. The molecule has 1 unspecified atom stereocenters. The van der Waals surface area contributed by atoms with Gasteiger partial charge in [-0.15, -0.1) is 0 Å². The van der Waals surface area contributed by atoms with Crippen LogP contribution >= 0.6 is 11.6 Å². The molecule has 1 atom stereocenters. The number of aromatic nitrogens is 3. The average molecular weight is 241 g/mol. The van der Waals surface area contributed by atoms with Gasteiger partial charge in [0.1, 0.15) is 23.2 Å². The molecule has 0 radical (unpaired) electrons. The van der Waals surface area contributed by atoms with E-state index >= 15 is 0 Å². The van der Waals surface area contributed by atoms with Gasteiger partial charge in [0.25, 0.3) is 0 Å². The van der Waals surface area contributed by atoms with Crippen molar-refractivity contribution in [3.05, 3.63) is 23.2 Å². The summed E-state index contributed by atoms with van der Waals surface area (Å²) in [5.74, 6) is -0.541. The lowest BCUT2D eigenvalue weighted by molar-refractivity contribution is -0.142. The molecule has 16 heavy (non-hydrogen) atoms. The van der Waals surface area contributed by atoms with Crippen LogP contribution in [0.1, 0.15) is 11.6 Å². The third-order valence-corrected chi connectivity index (χ3v) is 2.53. The van der Waals surface area contributed by atoms with Crippen LogP contribution in [0, 0.1) is 0 Å². The number of ether oxygens (including phenoxy) is 1. The Morgan fingerprint density at radius 2 is 2.38 bits per heavy atom. The zero-order valence-corrected chi connectivity index (χ0v) is 9.15.